The third-order valence-corrected chi connectivity index (χ3v) is 7.04. The molecule has 0 unspecified atom stereocenters. The number of carboxylic acids is 1. The third kappa shape index (κ3) is 5.47. The molecule has 0 spiro atoms. The molecule has 32 heavy (non-hydrogen) atoms. The van der Waals surface area contributed by atoms with Crippen molar-refractivity contribution >= 4 is 108 Å². The first-order valence-corrected chi connectivity index (χ1v) is 11.1. The molecule has 2 aliphatic rings. The summed E-state index contributed by atoms with van der Waals surface area (Å²) < 4.78 is 6.80. The molecule has 5 nitrogen and oxygen atoms in total. The Kier molecular flexibility index (Phi) is 12.2. The Bertz CT molecular complexity index is 1380. The van der Waals surface area contributed by atoms with Gasteiger partial charge in [0.25, 0.3) is 0 Å². The summed E-state index contributed by atoms with van der Waals surface area (Å²) in [6.07, 6.45) is 0. The van der Waals surface area contributed by atoms with Crippen molar-refractivity contribution in [2.75, 3.05) is 0 Å². The molecule has 0 bridgehead atoms. The van der Waals surface area contributed by atoms with Gasteiger partial charge in [-0.3, -0.25) is 4.79 Å². The molecule has 2 aromatic rings. The molecule has 0 saturated carbocycles. The zero-order chi connectivity index (χ0) is 21.0. The Labute approximate surface area is 280 Å². The van der Waals surface area contributed by atoms with Crippen molar-refractivity contribution in [1.82, 2.24) is 0 Å². The van der Waals surface area contributed by atoms with Crippen molar-refractivity contribution in [3.63, 3.8) is 0 Å². The third-order valence-electron chi connectivity index (χ3n) is 4.42. The second-order valence-electron chi connectivity index (χ2n) is 6.07. The van der Waals surface area contributed by atoms with E-state index in [1.54, 1.807) is 30.3 Å². The molecule has 2 aromatic carbocycles. The molecule has 0 atom stereocenters. The predicted octanol–water partition coefficient (Wildman–Crippen LogP) is -1.86. The van der Waals surface area contributed by atoms with Gasteiger partial charge in [0.05, 0.1) is 14.9 Å². The van der Waals surface area contributed by atoms with Gasteiger partial charge in [-0.1, -0.05) is 45.9 Å². The van der Waals surface area contributed by atoms with Crippen molar-refractivity contribution in [3.8, 4) is 28.2 Å². The first-order valence-electron chi connectivity index (χ1n) is 7.96. The van der Waals surface area contributed by atoms with E-state index in [1.165, 1.54) is 6.07 Å². The van der Waals surface area contributed by atoms with E-state index in [9.17, 15) is 19.8 Å². The minimum absolute atomic E-state index is 0. The number of aromatic carboxylic acids is 1. The van der Waals surface area contributed by atoms with E-state index in [-0.39, 0.29) is 132 Å². The quantitative estimate of drug-likeness (QED) is 0.174. The van der Waals surface area contributed by atoms with Crippen molar-refractivity contribution in [1.29, 1.82) is 0 Å². The summed E-state index contributed by atoms with van der Waals surface area (Å²) in [6, 6.07) is 9.50. The van der Waals surface area contributed by atoms with E-state index < -0.39 is 5.97 Å². The van der Waals surface area contributed by atoms with Crippen LogP contribution in [-0.4, -0.2) is 33.3 Å². The SMILES string of the molecule is O=C([O-])c1ccccc1-c1c2cc(Br)c(=O)c(Br)c-2oc2c(Br)c([O-])c(Br)cc12.[Na+].[Na+].[PbH2]. The molecule has 0 amide bonds. The molecule has 0 fully saturated rings. The van der Waals surface area contributed by atoms with E-state index in [1.807, 2.05) is 0 Å². The van der Waals surface area contributed by atoms with Crippen LogP contribution in [0, 0.1) is 0 Å². The van der Waals surface area contributed by atoms with Gasteiger partial charge in [0.2, 0.25) is 5.43 Å². The standard InChI is InChI=1S/C20H8Br4O5.2Na.Pb.2H/c21-11-5-9-13(7-3-1-2-4-8(7)20(27)28)10-6-12(22)17(26)15(24)19(10)29-18(9)14(23)16(11)25;;;;;/h1-6,25H,(H,27,28);;;;;/q;2*+1;;;/p-2. The van der Waals surface area contributed by atoms with Crippen molar-refractivity contribution in [2.45, 2.75) is 0 Å². The average Bonchev–Trinajstić information content (AvgIpc) is 2.69. The fraction of sp³-hybridized carbons (Fsp3) is 0. The van der Waals surface area contributed by atoms with Crippen LogP contribution in [0.3, 0.4) is 0 Å². The molecular weight excluding hydrogens is 893 g/mol. The Hall–Kier alpha value is 1.24. The maximum absolute atomic E-state index is 12.4. The zero-order valence-corrected chi connectivity index (χ0v) is 32.6. The summed E-state index contributed by atoms with van der Waals surface area (Å²) in [7, 11) is 0. The molecule has 1 aliphatic carbocycles. The van der Waals surface area contributed by atoms with Gasteiger partial charge in [-0.05, 0) is 65.5 Å². The van der Waals surface area contributed by atoms with Gasteiger partial charge in [0.15, 0.2) is 5.76 Å². The maximum atomic E-state index is 12.4. The topological polar surface area (TPSA) is 93.4 Å². The van der Waals surface area contributed by atoms with Gasteiger partial charge < -0.3 is 19.4 Å². The van der Waals surface area contributed by atoms with E-state index in [4.69, 9.17) is 4.42 Å². The van der Waals surface area contributed by atoms with Crippen molar-refractivity contribution in [2.24, 2.45) is 0 Å². The first kappa shape index (κ1) is 31.3. The second kappa shape index (κ2) is 12.5. The number of rotatable bonds is 2. The number of hydrogen-bond acceptors (Lipinski definition) is 5. The monoisotopic (exact) mass is 898 g/mol. The first-order chi connectivity index (χ1) is 13.7. The molecule has 0 N–H and O–H groups in total. The summed E-state index contributed by atoms with van der Waals surface area (Å²) in [5, 5.41) is 24.7. The van der Waals surface area contributed by atoms with E-state index >= 15 is 0 Å². The summed E-state index contributed by atoms with van der Waals surface area (Å²) in [5.41, 5.74) is 1.17. The number of carbonyl (C=O) groups is 1. The zero-order valence-electron chi connectivity index (χ0n) is 16.7. The molecule has 0 aromatic heterocycles. The number of carbonyl (C=O) groups excluding carboxylic acids is 1. The van der Waals surface area contributed by atoms with Crippen molar-refractivity contribution in [3.05, 3.63) is 70.1 Å². The fourth-order valence-corrected chi connectivity index (χ4v) is 5.56. The Morgan fingerprint density at radius 2 is 1.53 bits per heavy atom. The Morgan fingerprint density at radius 3 is 2.16 bits per heavy atom. The molecule has 152 valence electrons. The van der Waals surface area contributed by atoms with Crippen LogP contribution in [0.15, 0.2) is 63.5 Å². The Balaban J connectivity index is 0.00000171. The van der Waals surface area contributed by atoms with Crippen LogP contribution in [0.1, 0.15) is 10.4 Å². The van der Waals surface area contributed by atoms with Crippen LogP contribution in [0.4, 0.5) is 0 Å². The fourth-order valence-electron chi connectivity index (χ4n) is 3.16. The summed E-state index contributed by atoms with van der Waals surface area (Å²) in [4.78, 5) is 24.2. The minimum atomic E-state index is -1.35. The predicted molar refractivity (Wildman–Crippen MR) is 128 cm³/mol. The van der Waals surface area contributed by atoms with Crippen LogP contribution in [0.25, 0.3) is 33.4 Å². The van der Waals surface area contributed by atoms with Crippen LogP contribution in [0.2, 0.25) is 0 Å². The number of hydrogen-bond donors (Lipinski definition) is 0. The Morgan fingerprint density at radius 1 is 0.906 bits per heavy atom. The molecule has 2 radical (unpaired) electrons. The second-order valence-corrected chi connectivity index (χ2v) is 9.36. The van der Waals surface area contributed by atoms with Crippen LogP contribution in [-0.2, 0) is 0 Å². The van der Waals surface area contributed by atoms with Crippen LogP contribution < -0.4 is 74.8 Å². The van der Waals surface area contributed by atoms with E-state index in [0.29, 0.717) is 22.1 Å². The molecule has 4 rings (SSSR count). The van der Waals surface area contributed by atoms with Gasteiger partial charge in [-0.25, -0.2) is 0 Å². The molecule has 12 heteroatoms. The summed E-state index contributed by atoms with van der Waals surface area (Å²) >= 11 is 13.0. The number of carboxylic acid groups (broad SMARTS) is 1. The van der Waals surface area contributed by atoms with Gasteiger partial charge in [-0.2, -0.15) is 0 Å². The van der Waals surface area contributed by atoms with E-state index in [2.05, 4.69) is 63.7 Å². The van der Waals surface area contributed by atoms with Gasteiger partial charge in [-0.15, -0.1) is 0 Å². The molecule has 0 saturated heterocycles. The van der Waals surface area contributed by atoms with Crippen LogP contribution in [0.5, 0.6) is 5.75 Å². The van der Waals surface area contributed by atoms with Gasteiger partial charge in [0, 0.05) is 26.5 Å². The van der Waals surface area contributed by atoms with E-state index in [0.717, 1.165) is 0 Å². The summed E-state index contributed by atoms with van der Waals surface area (Å²) in [6.45, 7) is 0. The average molecular weight is 901 g/mol. The molecule has 1 aliphatic heterocycles. The number of fused-ring (bicyclic) bond motifs is 2. The summed E-state index contributed by atoms with van der Waals surface area (Å²) in [5.74, 6) is -1.49. The molecular formula is C20H8Br4Na2O5Pb. The van der Waals surface area contributed by atoms with Gasteiger partial charge >= 0.3 is 86.4 Å². The normalized spacial score (nSPS) is 10.2. The van der Waals surface area contributed by atoms with Crippen LogP contribution >= 0.6 is 63.7 Å². The molecule has 1 heterocycles. The van der Waals surface area contributed by atoms with Gasteiger partial charge in [0.1, 0.15) is 10.1 Å². The number of halogens is 4. The van der Waals surface area contributed by atoms with Crippen molar-refractivity contribution < 1.29 is 78.5 Å². The number of benzene rings is 3.